The molecule has 0 fully saturated rings. The SMILES string of the molecule is NCCCOc1ncnc2c1CCCC2. The molecule has 0 spiro atoms. The lowest BCUT2D eigenvalue weighted by molar-refractivity contribution is 0.295. The van der Waals surface area contributed by atoms with Crippen molar-refractivity contribution in [1.82, 2.24) is 9.97 Å². The van der Waals surface area contributed by atoms with Crippen LogP contribution in [0.3, 0.4) is 0 Å². The lowest BCUT2D eigenvalue weighted by Crippen LogP contribution is -2.12. The Hall–Kier alpha value is -1.16. The number of aromatic nitrogens is 2. The molecule has 1 heterocycles. The first-order valence-electron chi connectivity index (χ1n) is 5.57. The highest BCUT2D eigenvalue weighted by Crippen LogP contribution is 2.25. The number of rotatable bonds is 4. The monoisotopic (exact) mass is 207 g/mol. The van der Waals surface area contributed by atoms with Crippen molar-refractivity contribution in [3.63, 3.8) is 0 Å². The van der Waals surface area contributed by atoms with Crippen LogP contribution in [0.2, 0.25) is 0 Å². The van der Waals surface area contributed by atoms with Crippen LogP contribution in [0.25, 0.3) is 0 Å². The maximum absolute atomic E-state index is 5.61. The van der Waals surface area contributed by atoms with Gasteiger partial charge >= 0.3 is 0 Å². The van der Waals surface area contributed by atoms with E-state index in [-0.39, 0.29) is 0 Å². The second-order valence-electron chi connectivity index (χ2n) is 3.80. The number of nitrogens with zero attached hydrogens (tertiary/aromatic N) is 2. The molecule has 0 bridgehead atoms. The molecular formula is C11H17N3O. The van der Waals surface area contributed by atoms with Crippen LogP contribution in [0.4, 0.5) is 0 Å². The van der Waals surface area contributed by atoms with Crippen molar-refractivity contribution in [2.45, 2.75) is 32.1 Å². The fourth-order valence-corrected chi connectivity index (χ4v) is 1.87. The topological polar surface area (TPSA) is 61.0 Å². The Kier molecular flexibility index (Phi) is 3.50. The number of aryl methyl sites for hydroxylation is 1. The van der Waals surface area contributed by atoms with E-state index >= 15 is 0 Å². The van der Waals surface area contributed by atoms with Gasteiger partial charge in [0.1, 0.15) is 6.33 Å². The fraction of sp³-hybridized carbons (Fsp3) is 0.636. The largest absolute Gasteiger partial charge is 0.477 e. The van der Waals surface area contributed by atoms with E-state index in [9.17, 15) is 0 Å². The Morgan fingerprint density at radius 1 is 1.27 bits per heavy atom. The van der Waals surface area contributed by atoms with Crippen LogP contribution in [0.5, 0.6) is 5.88 Å². The second-order valence-corrected chi connectivity index (χ2v) is 3.80. The van der Waals surface area contributed by atoms with Gasteiger partial charge < -0.3 is 10.5 Å². The zero-order chi connectivity index (χ0) is 10.5. The van der Waals surface area contributed by atoms with Crippen LogP contribution in [0.15, 0.2) is 6.33 Å². The Balaban J connectivity index is 2.09. The molecule has 1 aliphatic carbocycles. The van der Waals surface area contributed by atoms with Crippen molar-refractivity contribution in [2.24, 2.45) is 5.73 Å². The van der Waals surface area contributed by atoms with Gasteiger partial charge in [-0.1, -0.05) is 0 Å². The van der Waals surface area contributed by atoms with Crippen LogP contribution >= 0.6 is 0 Å². The van der Waals surface area contributed by atoms with Crippen LogP contribution in [-0.4, -0.2) is 23.1 Å². The van der Waals surface area contributed by atoms with E-state index < -0.39 is 0 Å². The van der Waals surface area contributed by atoms with E-state index in [0.717, 1.165) is 25.1 Å². The van der Waals surface area contributed by atoms with Gasteiger partial charge in [-0.2, -0.15) is 0 Å². The normalized spacial score (nSPS) is 14.7. The minimum absolute atomic E-state index is 0.653. The first-order valence-corrected chi connectivity index (χ1v) is 5.57. The molecule has 1 aliphatic rings. The maximum Gasteiger partial charge on any atom is 0.219 e. The molecule has 0 amide bonds. The van der Waals surface area contributed by atoms with Crippen LogP contribution in [-0.2, 0) is 12.8 Å². The van der Waals surface area contributed by atoms with E-state index in [1.165, 1.54) is 24.1 Å². The van der Waals surface area contributed by atoms with Gasteiger partial charge in [-0.25, -0.2) is 9.97 Å². The summed E-state index contributed by atoms with van der Waals surface area (Å²) < 4.78 is 5.61. The highest BCUT2D eigenvalue weighted by atomic mass is 16.5. The summed E-state index contributed by atoms with van der Waals surface area (Å²) in [5.41, 5.74) is 7.79. The second kappa shape index (κ2) is 5.07. The Bertz CT molecular complexity index is 328. The van der Waals surface area contributed by atoms with Crippen molar-refractivity contribution in [2.75, 3.05) is 13.2 Å². The average molecular weight is 207 g/mol. The summed E-state index contributed by atoms with van der Waals surface area (Å²) in [6.45, 7) is 1.31. The van der Waals surface area contributed by atoms with Crippen LogP contribution < -0.4 is 10.5 Å². The molecule has 0 aromatic carbocycles. The molecule has 0 saturated heterocycles. The molecule has 2 N–H and O–H groups in total. The molecule has 4 nitrogen and oxygen atoms in total. The fourth-order valence-electron chi connectivity index (χ4n) is 1.87. The first kappa shape index (κ1) is 10.4. The smallest absolute Gasteiger partial charge is 0.219 e. The standard InChI is InChI=1S/C11H17N3O/c12-6-3-7-15-11-9-4-1-2-5-10(9)13-8-14-11/h8H,1-7,12H2. The molecule has 0 radical (unpaired) electrons. The van der Waals surface area contributed by atoms with Gasteiger partial charge in [0, 0.05) is 5.56 Å². The van der Waals surface area contributed by atoms with E-state index in [2.05, 4.69) is 9.97 Å². The number of hydrogen-bond acceptors (Lipinski definition) is 4. The Morgan fingerprint density at radius 3 is 3.00 bits per heavy atom. The molecule has 0 aliphatic heterocycles. The number of hydrogen-bond donors (Lipinski definition) is 1. The van der Waals surface area contributed by atoms with E-state index in [0.29, 0.717) is 13.2 Å². The summed E-state index contributed by atoms with van der Waals surface area (Å²) in [4.78, 5) is 8.48. The summed E-state index contributed by atoms with van der Waals surface area (Å²) in [5.74, 6) is 0.771. The quantitative estimate of drug-likeness (QED) is 0.750. The molecule has 0 unspecified atom stereocenters. The lowest BCUT2D eigenvalue weighted by atomic mass is 9.97. The minimum Gasteiger partial charge on any atom is -0.477 e. The molecular weight excluding hydrogens is 190 g/mol. The third-order valence-corrected chi connectivity index (χ3v) is 2.67. The summed E-state index contributed by atoms with van der Waals surface area (Å²) >= 11 is 0. The number of ether oxygens (including phenoxy) is 1. The molecule has 4 heteroatoms. The van der Waals surface area contributed by atoms with Crippen LogP contribution in [0, 0.1) is 0 Å². The van der Waals surface area contributed by atoms with Crippen molar-refractivity contribution in [3.8, 4) is 5.88 Å². The predicted molar refractivity (Wildman–Crippen MR) is 57.8 cm³/mol. The third kappa shape index (κ3) is 2.45. The Morgan fingerprint density at radius 2 is 2.13 bits per heavy atom. The summed E-state index contributed by atoms with van der Waals surface area (Å²) in [6.07, 6.45) is 7.03. The molecule has 0 saturated carbocycles. The summed E-state index contributed by atoms with van der Waals surface area (Å²) in [6, 6.07) is 0. The van der Waals surface area contributed by atoms with Gasteiger partial charge in [0.25, 0.3) is 0 Å². The van der Waals surface area contributed by atoms with Gasteiger partial charge in [0.05, 0.1) is 12.3 Å². The van der Waals surface area contributed by atoms with Crippen molar-refractivity contribution in [1.29, 1.82) is 0 Å². The van der Waals surface area contributed by atoms with Gasteiger partial charge in [-0.3, -0.25) is 0 Å². The summed E-state index contributed by atoms with van der Waals surface area (Å²) in [5, 5.41) is 0. The first-order chi connectivity index (χ1) is 7.42. The zero-order valence-corrected chi connectivity index (χ0v) is 8.91. The van der Waals surface area contributed by atoms with Gasteiger partial charge in [-0.15, -0.1) is 0 Å². The lowest BCUT2D eigenvalue weighted by Gasteiger charge is -2.17. The van der Waals surface area contributed by atoms with Crippen molar-refractivity contribution >= 4 is 0 Å². The zero-order valence-electron chi connectivity index (χ0n) is 8.91. The predicted octanol–water partition coefficient (Wildman–Crippen LogP) is 1.08. The molecule has 2 rings (SSSR count). The molecule has 0 atom stereocenters. The highest BCUT2D eigenvalue weighted by Gasteiger charge is 2.15. The van der Waals surface area contributed by atoms with Gasteiger partial charge in [-0.05, 0) is 38.6 Å². The minimum atomic E-state index is 0.653. The highest BCUT2D eigenvalue weighted by molar-refractivity contribution is 5.31. The van der Waals surface area contributed by atoms with Crippen LogP contribution in [0.1, 0.15) is 30.5 Å². The number of nitrogens with two attached hydrogens (primary N) is 1. The Labute approximate surface area is 89.9 Å². The molecule has 15 heavy (non-hydrogen) atoms. The third-order valence-electron chi connectivity index (χ3n) is 2.67. The van der Waals surface area contributed by atoms with Crippen molar-refractivity contribution in [3.05, 3.63) is 17.6 Å². The maximum atomic E-state index is 5.61. The van der Waals surface area contributed by atoms with E-state index in [1.54, 1.807) is 6.33 Å². The molecule has 82 valence electrons. The average Bonchev–Trinajstić information content (AvgIpc) is 2.30. The van der Waals surface area contributed by atoms with E-state index in [1.807, 2.05) is 0 Å². The molecule has 1 aromatic heterocycles. The number of fused-ring (bicyclic) bond motifs is 1. The van der Waals surface area contributed by atoms with Crippen molar-refractivity contribution < 1.29 is 4.74 Å². The van der Waals surface area contributed by atoms with Gasteiger partial charge in [0.15, 0.2) is 0 Å². The van der Waals surface area contributed by atoms with Gasteiger partial charge in [0.2, 0.25) is 5.88 Å². The summed E-state index contributed by atoms with van der Waals surface area (Å²) in [7, 11) is 0. The van der Waals surface area contributed by atoms with E-state index in [4.69, 9.17) is 10.5 Å². The molecule has 1 aromatic rings.